The molecule has 0 saturated heterocycles. The van der Waals surface area contributed by atoms with E-state index in [4.69, 9.17) is 0 Å². The first kappa shape index (κ1) is 11.0. The number of aromatic nitrogens is 1. The molecule has 82 valence electrons. The number of carbonyl (C=O) groups is 1. The summed E-state index contributed by atoms with van der Waals surface area (Å²) in [5.41, 5.74) is 2.85. The summed E-state index contributed by atoms with van der Waals surface area (Å²) >= 11 is 1.56. The van der Waals surface area contributed by atoms with Crippen LogP contribution in [-0.2, 0) is 0 Å². The number of rotatable bonds is 3. The molecule has 2 rings (SSSR count). The van der Waals surface area contributed by atoms with Crippen LogP contribution in [0.15, 0.2) is 41.6 Å². The van der Waals surface area contributed by atoms with Crippen LogP contribution < -0.4 is 0 Å². The molecular formula is C13H13NOS. The highest BCUT2D eigenvalue weighted by molar-refractivity contribution is 7.98. The third-order valence-electron chi connectivity index (χ3n) is 2.48. The molecule has 2 aromatic rings. The third-order valence-corrected chi connectivity index (χ3v) is 3.22. The van der Waals surface area contributed by atoms with Gasteiger partial charge in [-0.2, -0.15) is 0 Å². The summed E-state index contributed by atoms with van der Waals surface area (Å²) in [5, 5.41) is 0.936. The van der Waals surface area contributed by atoms with Crippen molar-refractivity contribution in [2.24, 2.45) is 0 Å². The summed E-state index contributed by atoms with van der Waals surface area (Å²) in [6.07, 6.45) is 3.87. The molecule has 2 nitrogen and oxygen atoms in total. The Bertz CT molecular complexity index is 502. The Morgan fingerprint density at radius 2 is 1.94 bits per heavy atom. The molecule has 3 heteroatoms. The van der Waals surface area contributed by atoms with Gasteiger partial charge in [-0.05, 0) is 18.7 Å². The molecule has 0 saturated carbocycles. The minimum absolute atomic E-state index is 0.101. The van der Waals surface area contributed by atoms with E-state index in [0.29, 0.717) is 0 Å². The number of nitrogens with one attached hydrogen (secondary N) is 1. The Hall–Kier alpha value is -1.48. The van der Waals surface area contributed by atoms with Crippen molar-refractivity contribution in [3.8, 4) is 11.1 Å². The van der Waals surface area contributed by atoms with Crippen LogP contribution in [0.3, 0.4) is 0 Å². The van der Waals surface area contributed by atoms with E-state index in [0.717, 1.165) is 21.7 Å². The second-order valence-electron chi connectivity index (χ2n) is 3.53. The van der Waals surface area contributed by atoms with Crippen molar-refractivity contribution >= 4 is 17.5 Å². The molecule has 0 bridgehead atoms. The molecule has 1 aromatic carbocycles. The second-order valence-corrected chi connectivity index (χ2v) is 4.35. The van der Waals surface area contributed by atoms with Gasteiger partial charge in [0.2, 0.25) is 0 Å². The topological polar surface area (TPSA) is 32.9 Å². The SMILES string of the molecule is CSc1[nH]cc(-c2ccccc2)c1C(C)=O. The molecule has 0 aliphatic heterocycles. The number of ketones is 1. The molecule has 0 aliphatic carbocycles. The Labute approximate surface area is 99.1 Å². The van der Waals surface area contributed by atoms with Crippen LogP contribution in [0, 0.1) is 0 Å². The lowest BCUT2D eigenvalue weighted by Crippen LogP contribution is -1.94. The van der Waals surface area contributed by atoms with E-state index in [9.17, 15) is 4.79 Å². The van der Waals surface area contributed by atoms with Crippen molar-refractivity contribution < 1.29 is 4.79 Å². The number of hydrogen-bond donors (Lipinski definition) is 1. The van der Waals surface area contributed by atoms with Gasteiger partial charge in [0.25, 0.3) is 0 Å². The van der Waals surface area contributed by atoms with Crippen molar-refractivity contribution in [2.75, 3.05) is 6.26 Å². The maximum Gasteiger partial charge on any atom is 0.163 e. The molecule has 0 fully saturated rings. The van der Waals surface area contributed by atoms with Gasteiger partial charge in [0.15, 0.2) is 5.78 Å². The van der Waals surface area contributed by atoms with Gasteiger partial charge in [-0.25, -0.2) is 0 Å². The Morgan fingerprint density at radius 1 is 1.25 bits per heavy atom. The number of benzene rings is 1. The molecule has 1 heterocycles. The normalized spacial score (nSPS) is 10.4. The number of hydrogen-bond acceptors (Lipinski definition) is 2. The quantitative estimate of drug-likeness (QED) is 0.646. The van der Waals surface area contributed by atoms with E-state index in [-0.39, 0.29) is 5.78 Å². The molecule has 0 aliphatic rings. The summed E-state index contributed by atoms with van der Waals surface area (Å²) in [6.45, 7) is 1.61. The average Bonchev–Trinajstić information content (AvgIpc) is 2.73. The lowest BCUT2D eigenvalue weighted by Gasteiger charge is -2.02. The van der Waals surface area contributed by atoms with Crippen molar-refractivity contribution in [1.82, 2.24) is 4.98 Å². The summed E-state index contributed by atoms with van der Waals surface area (Å²) < 4.78 is 0. The van der Waals surface area contributed by atoms with Crippen LogP contribution in [0.5, 0.6) is 0 Å². The van der Waals surface area contributed by atoms with Crippen molar-refractivity contribution in [3.05, 3.63) is 42.1 Å². The second kappa shape index (κ2) is 4.58. The number of thioether (sulfide) groups is 1. The molecule has 0 atom stereocenters. The predicted octanol–water partition coefficient (Wildman–Crippen LogP) is 3.61. The maximum atomic E-state index is 11.6. The summed E-state index contributed by atoms with van der Waals surface area (Å²) in [4.78, 5) is 14.8. The minimum atomic E-state index is 0.101. The van der Waals surface area contributed by atoms with Crippen LogP contribution in [0.1, 0.15) is 17.3 Å². The first-order valence-electron chi connectivity index (χ1n) is 5.05. The van der Waals surface area contributed by atoms with Crippen molar-refractivity contribution in [3.63, 3.8) is 0 Å². The maximum absolute atomic E-state index is 11.6. The van der Waals surface area contributed by atoms with Gasteiger partial charge in [0.1, 0.15) is 0 Å². The van der Waals surface area contributed by atoms with Gasteiger partial charge < -0.3 is 4.98 Å². The first-order valence-corrected chi connectivity index (χ1v) is 6.28. The van der Waals surface area contributed by atoms with E-state index in [1.54, 1.807) is 18.7 Å². The Balaban J connectivity index is 2.58. The van der Waals surface area contributed by atoms with E-state index < -0.39 is 0 Å². The minimum Gasteiger partial charge on any atom is -0.355 e. The molecule has 1 aromatic heterocycles. The van der Waals surface area contributed by atoms with Crippen LogP contribution in [0.25, 0.3) is 11.1 Å². The Morgan fingerprint density at radius 3 is 2.50 bits per heavy atom. The smallest absolute Gasteiger partial charge is 0.163 e. The zero-order valence-electron chi connectivity index (χ0n) is 9.28. The fraction of sp³-hybridized carbons (Fsp3) is 0.154. The average molecular weight is 231 g/mol. The van der Waals surface area contributed by atoms with Gasteiger partial charge in [0, 0.05) is 11.8 Å². The lowest BCUT2D eigenvalue weighted by atomic mass is 10.0. The molecule has 1 N–H and O–H groups in total. The fourth-order valence-electron chi connectivity index (χ4n) is 1.76. The number of aromatic amines is 1. The number of carbonyl (C=O) groups excluding carboxylic acids is 1. The standard InChI is InChI=1S/C13H13NOS/c1-9(15)12-11(8-14-13(12)16-2)10-6-4-3-5-7-10/h3-8,14H,1-2H3. The van der Waals surface area contributed by atoms with E-state index >= 15 is 0 Å². The highest BCUT2D eigenvalue weighted by atomic mass is 32.2. The molecule has 16 heavy (non-hydrogen) atoms. The van der Waals surface area contributed by atoms with Crippen molar-refractivity contribution in [2.45, 2.75) is 11.9 Å². The van der Waals surface area contributed by atoms with Crippen molar-refractivity contribution in [1.29, 1.82) is 0 Å². The van der Waals surface area contributed by atoms with Crippen LogP contribution in [-0.4, -0.2) is 17.0 Å². The fourth-order valence-corrected chi connectivity index (χ4v) is 2.39. The lowest BCUT2D eigenvalue weighted by molar-refractivity contribution is 0.101. The largest absolute Gasteiger partial charge is 0.355 e. The van der Waals surface area contributed by atoms with Gasteiger partial charge in [-0.1, -0.05) is 30.3 Å². The van der Waals surface area contributed by atoms with Gasteiger partial charge in [-0.3, -0.25) is 4.79 Å². The van der Waals surface area contributed by atoms with Gasteiger partial charge in [0.05, 0.1) is 10.6 Å². The van der Waals surface area contributed by atoms with Gasteiger partial charge in [-0.15, -0.1) is 11.8 Å². The number of Topliss-reactive ketones (excluding diaryl/α,β-unsaturated/α-hetero) is 1. The van der Waals surface area contributed by atoms with Crippen LogP contribution in [0.4, 0.5) is 0 Å². The Kier molecular flexibility index (Phi) is 3.15. The monoisotopic (exact) mass is 231 g/mol. The van der Waals surface area contributed by atoms with Crippen LogP contribution >= 0.6 is 11.8 Å². The highest BCUT2D eigenvalue weighted by Gasteiger charge is 2.15. The summed E-state index contributed by atoms with van der Waals surface area (Å²) in [7, 11) is 0. The van der Waals surface area contributed by atoms with E-state index in [1.807, 2.05) is 42.8 Å². The molecule has 0 radical (unpaired) electrons. The highest BCUT2D eigenvalue weighted by Crippen LogP contribution is 2.30. The van der Waals surface area contributed by atoms with Gasteiger partial charge >= 0.3 is 0 Å². The zero-order valence-corrected chi connectivity index (χ0v) is 10.1. The van der Waals surface area contributed by atoms with E-state index in [2.05, 4.69) is 4.98 Å². The third kappa shape index (κ3) is 1.91. The van der Waals surface area contributed by atoms with Crippen LogP contribution in [0.2, 0.25) is 0 Å². The predicted molar refractivity (Wildman–Crippen MR) is 68.0 cm³/mol. The number of H-pyrrole nitrogens is 1. The molecular weight excluding hydrogens is 218 g/mol. The molecule has 0 spiro atoms. The zero-order chi connectivity index (χ0) is 11.5. The summed E-state index contributed by atoms with van der Waals surface area (Å²) in [5.74, 6) is 0.101. The molecule has 0 amide bonds. The summed E-state index contributed by atoms with van der Waals surface area (Å²) in [6, 6.07) is 9.95. The first-order chi connectivity index (χ1) is 7.74. The van der Waals surface area contributed by atoms with E-state index in [1.165, 1.54) is 0 Å². The molecule has 0 unspecified atom stereocenters.